The van der Waals surface area contributed by atoms with E-state index in [1.54, 1.807) is 24.3 Å². The number of nitrogens with zero attached hydrogens (tertiary/aromatic N) is 4. The molecule has 1 aromatic heterocycles. The summed E-state index contributed by atoms with van der Waals surface area (Å²) < 4.78 is 40.4. The number of benzene rings is 1. The number of aliphatic hydroxyl groups is 1. The Morgan fingerprint density at radius 2 is 2.03 bits per heavy atom. The third-order valence-electron chi connectivity index (χ3n) is 5.16. The van der Waals surface area contributed by atoms with Crippen molar-refractivity contribution in [3.05, 3.63) is 52.7 Å². The quantitative estimate of drug-likeness (QED) is 0.828. The summed E-state index contributed by atoms with van der Waals surface area (Å²) in [5, 5.41) is 19.9. The molecule has 0 aliphatic carbocycles. The van der Waals surface area contributed by atoms with Gasteiger partial charge in [-0.3, -0.25) is 4.79 Å². The fraction of sp³-hybridized carbons (Fsp3) is 0.381. The highest BCUT2D eigenvalue weighted by Gasteiger charge is 2.44. The van der Waals surface area contributed by atoms with E-state index in [9.17, 15) is 28.3 Å². The normalized spacial score (nSPS) is 18.9. The van der Waals surface area contributed by atoms with Crippen LogP contribution in [0.2, 0.25) is 0 Å². The Morgan fingerprint density at radius 3 is 2.63 bits per heavy atom. The molecular formula is C21H21F3N4O2. The van der Waals surface area contributed by atoms with Gasteiger partial charge in [0.1, 0.15) is 23.5 Å². The maximum atomic E-state index is 13.5. The Kier molecular flexibility index (Phi) is 5.72. The molecule has 0 unspecified atom stereocenters. The van der Waals surface area contributed by atoms with Gasteiger partial charge in [-0.25, -0.2) is 4.98 Å². The van der Waals surface area contributed by atoms with E-state index in [0.29, 0.717) is 5.69 Å². The highest BCUT2D eigenvalue weighted by Crippen LogP contribution is 2.38. The Labute approximate surface area is 172 Å². The van der Waals surface area contributed by atoms with E-state index in [1.807, 2.05) is 13.0 Å². The van der Waals surface area contributed by atoms with Gasteiger partial charge in [-0.1, -0.05) is 12.1 Å². The first-order valence-corrected chi connectivity index (χ1v) is 9.32. The van der Waals surface area contributed by atoms with Crippen LogP contribution in [0, 0.1) is 25.2 Å². The lowest BCUT2D eigenvalue weighted by atomic mass is 10.1. The molecule has 158 valence electrons. The number of carbonyl (C=O) groups excluding carboxylic acids is 1. The molecule has 0 saturated carbocycles. The maximum absolute atomic E-state index is 13.5. The predicted octanol–water partition coefficient (Wildman–Crippen LogP) is 3.19. The third kappa shape index (κ3) is 3.96. The van der Waals surface area contributed by atoms with Crippen LogP contribution < -0.4 is 9.80 Å². The second-order valence-corrected chi connectivity index (χ2v) is 7.35. The highest BCUT2D eigenvalue weighted by atomic mass is 19.4. The lowest BCUT2D eigenvalue weighted by Crippen LogP contribution is -2.49. The Morgan fingerprint density at radius 1 is 1.33 bits per heavy atom. The van der Waals surface area contributed by atoms with Crippen LogP contribution in [0.4, 0.5) is 24.7 Å². The fourth-order valence-electron chi connectivity index (χ4n) is 3.67. The van der Waals surface area contributed by atoms with Gasteiger partial charge in [0.15, 0.2) is 0 Å². The maximum Gasteiger partial charge on any atom is 0.417 e. The van der Waals surface area contributed by atoms with Crippen molar-refractivity contribution in [3.63, 3.8) is 0 Å². The number of pyridine rings is 1. The second-order valence-electron chi connectivity index (χ2n) is 7.35. The minimum atomic E-state index is -4.75. The minimum Gasteiger partial charge on any atom is -0.390 e. The molecule has 1 fully saturated rings. The van der Waals surface area contributed by atoms with Gasteiger partial charge in [-0.2, -0.15) is 18.4 Å². The molecular weight excluding hydrogens is 397 g/mol. The summed E-state index contributed by atoms with van der Waals surface area (Å²) in [6.07, 6.45) is -5.68. The summed E-state index contributed by atoms with van der Waals surface area (Å²) in [5.74, 6) is -0.733. The van der Waals surface area contributed by atoms with Crippen LogP contribution in [0.15, 0.2) is 30.3 Å². The van der Waals surface area contributed by atoms with Crippen LogP contribution in [-0.2, 0) is 11.0 Å². The summed E-state index contributed by atoms with van der Waals surface area (Å²) >= 11 is 0. The molecule has 1 amide bonds. The number of nitriles is 1. The Bertz CT molecular complexity index is 1020. The molecule has 1 aliphatic heterocycles. The monoisotopic (exact) mass is 418 g/mol. The zero-order valence-corrected chi connectivity index (χ0v) is 16.7. The van der Waals surface area contributed by atoms with Crippen LogP contribution >= 0.6 is 0 Å². The number of halogens is 3. The summed E-state index contributed by atoms with van der Waals surface area (Å²) in [6.45, 7) is 3.36. The summed E-state index contributed by atoms with van der Waals surface area (Å²) in [4.78, 5) is 20.0. The van der Waals surface area contributed by atoms with Crippen LogP contribution in [0.3, 0.4) is 0 Å². The van der Waals surface area contributed by atoms with Crippen LogP contribution in [-0.4, -0.2) is 41.7 Å². The van der Waals surface area contributed by atoms with E-state index in [4.69, 9.17) is 0 Å². The lowest BCUT2D eigenvalue weighted by molar-refractivity contribution is -0.137. The van der Waals surface area contributed by atoms with Gasteiger partial charge in [0.05, 0.1) is 11.7 Å². The zero-order chi connectivity index (χ0) is 22.2. The largest absolute Gasteiger partial charge is 0.417 e. The van der Waals surface area contributed by atoms with Crippen LogP contribution in [0.1, 0.15) is 28.8 Å². The van der Waals surface area contributed by atoms with Gasteiger partial charge in [-0.05, 0) is 44.0 Å². The van der Waals surface area contributed by atoms with Crippen molar-refractivity contribution < 1.29 is 23.1 Å². The predicted molar refractivity (Wildman–Crippen MR) is 105 cm³/mol. The molecule has 30 heavy (non-hydrogen) atoms. The molecule has 1 aromatic carbocycles. The number of hydrogen-bond acceptors (Lipinski definition) is 5. The van der Waals surface area contributed by atoms with E-state index in [-0.39, 0.29) is 24.5 Å². The molecule has 6 nitrogen and oxygen atoms in total. The number of amides is 1. The van der Waals surface area contributed by atoms with Crippen molar-refractivity contribution in [1.29, 1.82) is 5.26 Å². The van der Waals surface area contributed by atoms with Gasteiger partial charge < -0.3 is 14.9 Å². The second kappa shape index (κ2) is 7.95. The molecule has 2 heterocycles. The van der Waals surface area contributed by atoms with Crippen molar-refractivity contribution in [3.8, 4) is 6.07 Å². The van der Waals surface area contributed by atoms with E-state index < -0.39 is 35.4 Å². The number of anilines is 2. The van der Waals surface area contributed by atoms with Crippen LogP contribution in [0.5, 0.6) is 0 Å². The summed E-state index contributed by atoms with van der Waals surface area (Å²) in [6, 6.07) is 8.41. The molecule has 0 radical (unpaired) electrons. The molecule has 9 heteroatoms. The lowest BCUT2D eigenvalue weighted by Gasteiger charge is -2.31. The number of likely N-dealkylation sites (N-methyl/N-ethyl adjacent to an activating group) is 1. The molecule has 2 atom stereocenters. The average Bonchev–Trinajstić information content (AvgIpc) is 3.06. The van der Waals surface area contributed by atoms with Crippen molar-refractivity contribution in [2.45, 2.75) is 38.6 Å². The molecule has 0 spiro atoms. The molecule has 1 aliphatic rings. The number of aryl methyl sites for hydroxylation is 2. The van der Waals surface area contributed by atoms with Gasteiger partial charge in [0.2, 0.25) is 0 Å². The molecule has 0 bridgehead atoms. The Hall–Kier alpha value is -3.12. The number of alkyl halides is 3. The number of carbonyl (C=O) groups is 1. The van der Waals surface area contributed by atoms with Crippen molar-refractivity contribution in [2.75, 3.05) is 23.4 Å². The Balaban J connectivity index is 2.05. The average molecular weight is 418 g/mol. The zero-order valence-electron chi connectivity index (χ0n) is 16.7. The standard InChI is InChI=1S/C21H21F3N4O2/c1-12-5-4-6-14(9-12)27(3)20(30)18-17(29)7-8-28(18)19-15(11-25)16(21(22,23)24)10-13(2)26-19/h4-6,9-10,17-18,29H,7-8H2,1-3H3/t17-,18-/m0/s1. The van der Waals surface area contributed by atoms with E-state index in [1.165, 1.54) is 23.8 Å². The highest BCUT2D eigenvalue weighted by molar-refractivity contribution is 5.99. The first kappa shape index (κ1) is 21.6. The van der Waals surface area contributed by atoms with Gasteiger partial charge in [0, 0.05) is 25.0 Å². The fourth-order valence-corrected chi connectivity index (χ4v) is 3.67. The molecule has 1 N–H and O–H groups in total. The number of hydrogen-bond donors (Lipinski definition) is 1. The first-order chi connectivity index (χ1) is 14.0. The van der Waals surface area contributed by atoms with Crippen LogP contribution in [0.25, 0.3) is 0 Å². The smallest absolute Gasteiger partial charge is 0.390 e. The molecule has 3 rings (SSSR count). The number of aliphatic hydroxyl groups excluding tert-OH is 1. The summed E-state index contributed by atoms with van der Waals surface area (Å²) in [5.41, 5.74) is -0.174. The summed E-state index contributed by atoms with van der Waals surface area (Å²) in [7, 11) is 1.54. The van der Waals surface area contributed by atoms with Crippen molar-refractivity contribution in [2.24, 2.45) is 0 Å². The molecule has 1 saturated heterocycles. The topological polar surface area (TPSA) is 80.5 Å². The van der Waals surface area contributed by atoms with E-state index >= 15 is 0 Å². The van der Waals surface area contributed by atoms with E-state index in [2.05, 4.69) is 4.98 Å². The third-order valence-corrected chi connectivity index (χ3v) is 5.16. The number of rotatable bonds is 3. The van der Waals surface area contributed by atoms with Crippen molar-refractivity contribution >= 4 is 17.4 Å². The van der Waals surface area contributed by atoms with Gasteiger partial charge in [0.25, 0.3) is 5.91 Å². The van der Waals surface area contributed by atoms with Gasteiger partial charge >= 0.3 is 6.18 Å². The van der Waals surface area contributed by atoms with Gasteiger partial charge in [-0.15, -0.1) is 0 Å². The van der Waals surface area contributed by atoms with E-state index in [0.717, 1.165) is 11.6 Å². The van der Waals surface area contributed by atoms with Crippen molar-refractivity contribution in [1.82, 2.24) is 4.98 Å². The first-order valence-electron chi connectivity index (χ1n) is 9.32. The molecule has 2 aromatic rings. The minimum absolute atomic E-state index is 0.0657. The SMILES string of the molecule is Cc1cccc(N(C)C(=O)[C@@H]2[C@@H](O)CCN2c2nc(C)cc(C(F)(F)F)c2C#N)c1. The number of aromatic nitrogens is 1.